The molecule has 3 aromatic rings. The van der Waals surface area contributed by atoms with Gasteiger partial charge in [-0.25, -0.2) is 17.9 Å². The monoisotopic (exact) mass is 534 g/mol. The molecule has 2 aliphatic heterocycles. The van der Waals surface area contributed by atoms with Crippen molar-refractivity contribution in [2.75, 3.05) is 13.7 Å². The Morgan fingerprint density at radius 3 is 2.37 bits per heavy atom. The number of ether oxygens (including phenoxy) is 2. The molecule has 1 aromatic heterocycles. The summed E-state index contributed by atoms with van der Waals surface area (Å²) in [6.07, 6.45) is -3.23. The van der Waals surface area contributed by atoms with Gasteiger partial charge in [0.25, 0.3) is 0 Å². The van der Waals surface area contributed by atoms with Crippen molar-refractivity contribution < 1.29 is 42.8 Å². The van der Waals surface area contributed by atoms with Gasteiger partial charge in [0, 0.05) is 18.4 Å². The highest BCUT2D eigenvalue weighted by Gasteiger charge is 2.47. The lowest BCUT2D eigenvalue weighted by Gasteiger charge is -2.42. The number of hydrogen-bond acceptors (Lipinski definition) is 9. The van der Waals surface area contributed by atoms with Gasteiger partial charge in [-0.2, -0.15) is 0 Å². The van der Waals surface area contributed by atoms with E-state index in [-0.39, 0.29) is 17.7 Å². The zero-order valence-electron chi connectivity index (χ0n) is 20.1. The van der Waals surface area contributed by atoms with E-state index < -0.39 is 60.6 Å². The van der Waals surface area contributed by atoms with Gasteiger partial charge >= 0.3 is 0 Å². The molecule has 3 heterocycles. The summed E-state index contributed by atoms with van der Waals surface area (Å²) in [5.41, 5.74) is 1.46. The second-order valence-electron chi connectivity index (χ2n) is 9.14. The molecule has 0 bridgehead atoms. The summed E-state index contributed by atoms with van der Waals surface area (Å²) in [4.78, 5) is 5.56. The normalized spacial score (nSPS) is 27.2. The fourth-order valence-corrected chi connectivity index (χ4v) is 4.71. The van der Waals surface area contributed by atoms with Crippen LogP contribution in [-0.4, -0.2) is 80.3 Å². The Hall–Kier alpha value is -3.52. The topological polar surface area (TPSA) is 131 Å². The molecule has 1 fully saturated rings. The third kappa shape index (κ3) is 4.97. The molecule has 0 radical (unpaired) electrons. The van der Waals surface area contributed by atoms with Crippen molar-refractivity contribution in [1.82, 2.24) is 15.0 Å². The number of benzene rings is 2. The fourth-order valence-electron chi connectivity index (χ4n) is 4.71. The van der Waals surface area contributed by atoms with Crippen LogP contribution in [0.5, 0.6) is 5.75 Å². The van der Waals surface area contributed by atoms with Crippen LogP contribution in [0.2, 0.25) is 0 Å². The Balaban J connectivity index is 1.32. The van der Waals surface area contributed by atoms with Crippen LogP contribution in [0.25, 0.3) is 11.3 Å². The maximum atomic E-state index is 13.7. The Kier molecular flexibility index (Phi) is 7.34. The van der Waals surface area contributed by atoms with Crippen LogP contribution in [-0.2, 0) is 9.57 Å². The molecule has 0 amide bonds. The standard InChI is InChI=1S/C25H25F3N4O6/c1-36-14-4-2-12(3-5-14)18-8-15(38-30-18)9-20-24(34)23(25(35)21(11-33)37-20)32-10-19(29-31-32)13-6-16(26)22(28)17(27)7-13/h2-7,10,15,20-21,23-25,33-35H,8-9,11H2,1H3/t15?,20-,21+,23+,24-,25-/m0/s1. The lowest BCUT2D eigenvalue weighted by Crippen LogP contribution is -2.56. The van der Waals surface area contributed by atoms with E-state index in [0.717, 1.165) is 22.4 Å². The first-order valence-corrected chi connectivity index (χ1v) is 11.8. The lowest BCUT2D eigenvalue weighted by molar-refractivity contribution is -0.212. The quantitative estimate of drug-likeness (QED) is 0.392. The summed E-state index contributed by atoms with van der Waals surface area (Å²) in [6.45, 7) is -0.546. The summed E-state index contributed by atoms with van der Waals surface area (Å²) in [5, 5.41) is 43.7. The van der Waals surface area contributed by atoms with E-state index in [9.17, 15) is 28.5 Å². The molecule has 0 spiro atoms. The number of oxime groups is 1. The lowest BCUT2D eigenvalue weighted by atomic mass is 9.89. The first kappa shape index (κ1) is 26.1. The number of nitrogens with zero attached hydrogens (tertiary/aromatic N) is 4. The van der Waals surface area contributed by atoms with Crippen molar-refractivity contribution in [2.24, 2.45) is 5.16 Å². The van der Waals surface area contributed by atoms with Gasteiger partial charge in [-0.05, 0) is 42.0 Å². The van der Waals surface area contributed by atoms with Crippen molar-refractivity contribution in [1.29, 1.82) is 0 Å². The summed E-state index contributed by atoms with van der Waals surface area (Å²) in [6, 6.07) is 7.72. The van der Waals surface area contributed by atoms with E-state index in [0.29, 0.717) is 17.9 Å². The first-order chi connectivity index (χ1) is 18.3. The Morgan fingerprint density at radius 2 is 1.71 bits per heavy atom. The number of rotatable bonds is 7. The molecular weight excluding hydrogens is 509 g/mol. The molecule has 38 heavy (non-hydrogen) atoms. The van der Waals surface area contributed by atoms with E-state index in [1.54, 1.807) is 19.2 Å². The van der Waals surface area contributed by atoms with Crippen LogP contribution in [0.1, 0.15) is 24.4 Å². The van der Waals surface area contributed by atoms with Crippen molar-refractivity contribution in [3.8, 4) is 17.0 Å². The summed E-state index contributed by atoms with van der Waals surface area (Å²) >= 11 is 0. The molecule has 1 unspecified atom stereocenters. The molecular formula is C25H25F3N4O6. The van der Waals surface area contributed by atoms with Gasteiger partial charge in [0.2, 0.25) is 0 Å². The van der Waals surface area contributed by atoms with Gasteiger partial charge in [0.1, 0.15) is 41.9 Å². The number of aliphatic hydroxyl groups excluding tert-OH is 3. The molecule has 2 aromatic carbocycles. The second-order valence-corrected chi connectivity index (χ2v) is 9.14. The van der Waals surface area contributed by atoms with Crippen LogP contribution in [0, 0.1) is 17.5 Å². The molecule has 13 heteroatoms. The van der Waals surface area contributed by atoms with Gasteiger partial charge in [-0.1, -0.05) is 10.4 Å². The van der Waals surface area contributed by atoms with E-state index in [2.05, 4.69) is 15.5 Å². The van der Waals surface area contributed by atoms with E-state index in [1.165, 1.54) is 6.20 Å². The number of aromatic nitrogens is 3. The van der Waals surface area contributed by atoms with E-state index >= 15 is 0 Å². The van der Waals surface area contributed by atoms with Crippen LogP contribution < -0.4 is 4.74 Å². The molecule has 0 aliphatic carbocycles. The first-order valence-electron chi connectivity index (χ1n) is 11.8. The Labute approximate surface area is 214 Å². The highest BCUT2D eigenvalue weighted by molar-refractivity contribution is 6.01. The maximum absolute atomic E-state index is 13.7. The molecule has 2 aliphatic rings. The smallest absolute Gasteiger partial charge is 0.194 e. The number of halogens is 3. The Morgan fingerprint density at radius 1 is 1.03 bits per heavy atom. The highest BCUT2D eigenvalue weighted by Crippen LogP contribution is 2.34. The number of hydrogen-bond donors (Lipinski definition) is 3. The number of aliphatic hydroxyl groups is 3. The second kappa shape index (κ2) is 10.7. The molecule has 10 nitrogen and oxygen atoms in total. The third-order valence-electron chi connectivity index (χ3n) is 6.74. The SMILES string of the molecule is COc1ccc(C2=NOC(C[C@@H]3O[C@H](CO)[C@H](O)[C@H](n4cc(-c5cc(F)c(F)c(F)c5)nn4)[C@H]3O)C2)cc1. The van der Waals surface area contributed by atoms with Gasteiger partial charge in [0.15, 0.2) is 17.5 Å². The van der Waals surface area contributed by atoms with Gasteiger partial charge in [-0.15, -0.1) is 5.10 Å². The average Bonchev–Trinajstić information content (AvgIpc) is 3.59. The summed E-state index contributed by atoms with van der Waals surface area (Å²) in [5.74, 6) is -3.70. The number of methoxy groups -OCH3 is 1. The molecule has 6 atom stereocenters. The van der Waals surface area contributed by atoms with Crippen molar-refractivity contribution >= 4 is 5.71 Å². The zero-order valence-corrected chi connectivity index (χ0v) is 20.1. The largest absolute Gasteiger partial charge is 0.497 e. The van der Waals surface area contributed by atoms with E-state index in [4.69, 9.17) is 14.3 Å². The molecule has 3 N–H and O–H groups in total. The fraction of sp³-hybridized carbons (Fsp3) is 0.400. The molecule has 0 saturated carbocycles. The molecule has 1 saturated heterocycles. The Bertz CT molecular complexity index is 1300. The van der Waals surface area contributed by atoms with Crippen LogP contribution in [0.3, 0.4) is 0 Å². The summed E-state index contributed by atoms with van der Waals surface area (Å²) < 4.78 is 52.8. The maximum Gasteiger partial charge on any atom is 0.194 e. The van der Waals surface area contributed by atoms with Gasteiger partial charge in [-0.3, -0.25) is 0 Å². The molecule has 202 valence electrons. The third-order valence-corrected chi connectivity index (χ3v) is 6.74. The summed E-state index contributed by atoms with van der Waals surface area (Å²) in [7, 11) is 1.57. The zero-order chi connectivity index (χ0) is 27.0. The minimum absolute atomic E-state index is 0.0116. The van der Waals surface area contributed by atoms with E-state index in [1.807, 2.05) is 12.1 Å². The molecule has 5 rings (SSSR count). The predicted octanol–water partition coefficient (Wildman–Crippen LogP) is 1.98. The van der Waals surface area contributed by atoms with Crippen LogP contribution in [0.4, 0.5) is 13.2 Å². The highest BCUT2D eigenvalue weighted by atomic mass is 19.2. The predicted molar refractivity (Wildman–Crippen MR) is 126 cm³/mol. The van der Waals surface area contributed by atoms with Crippen molar-refractivity contribution in [3.05, 3.63) is 65.6 Å². The van der Waals surface area contributed by atoms with Crippen molar-refractivity contribution in [2.45, 2.75) is 49.4 Å². The van der Waals surface area contributed by atoms with Crippen LogP contribution >= 0.6 is 0 Å². The minimum atomic E-state index is -1.61. The van der Waals surface area contributed by atoms with Gasteiger partial charge < -0.3 is 29.6 Å². The van der Waals surface area contributed by atoms with Gasteiger partial charge in [0.05, 0.1) is 31.7 Å². The van der Waals surface area contributed by atoms with Crippen molar-refractivity contribution in [3.63, 3.8) is 0 Å². The average molecular weight is 534 g/mol. The minimum Gasteiger partial charge on any atom is -0.497 e. The van der Waals surface area contributed by atoms with Crippen LogP contribution in [0.15, 0.2) is 47.8 Å².